The fourth-order valence-corrected chi connectivity index (χ4v) is 1.30. The normalized spacial score (nSPS) is 12.0. The first-order chi connectivity index (χ1) is 5.07. The molecule has 0 aromatic heterocycles. The van der Waals surface area contributed by atoms with E-state index in [1.54, 1.807) is 4.90 Å². The van der Waals surface area contributed by atoms with Crippen molar-refractivity contribution in [3.8, 4) is 0 Å². The van der Waals surface area contributed by atoms with Crippen molar-refractivity contribution in [3.63, 3.8) is 0 Å². The van der Waals surface area contributed by atoms with Crippen molar-refractivity contribution in [2.24, 2.45) is 0 Å². The van der Waals surface area contributed by atoms with Crippen LogP contribution in [0.2, 0.25) is 0 Å². The van der Waals surface area contributed by atoms with Gasteiger partial charge in [0, 0.05) is 17.9 Å². The van der Waals surface area contributed by atoms with E-state index in [2.05, 4.69) is 15.9 Å². The van der Waals surface area contributed by atoms with Gasteiger partial charge >= 0.3 is 0 Å². The molecule has 0 heterocycles. The lowest BCUT2D eigenvalue weighted by Crippen LogP contribution is -2.36. The standard InChI is InChI=1S/C7H14BrF2N/c1-6(2)11(4-3-8)5-7(9)10/h6-7H,3-5H2,1-2H3. The summed E-state index contributed by atoms with van der Waals surface area (Å²) in [4.78, 5) is 1.75. The smallest absolute Gasteiger partial charge is 0.251 e. The average Bonchev–Trinajstić information content (AvgIpc) is 1.86. The highest BCUT2D eigenvalue weighted by molar-refractivity contribution is 9.09. The predicted molar refractivity (Wildman–Crippen MR) is 46.5 cm³/mol. The molecule has 0 unspecified atom stereocenters. The van der Waals surface area contributed by atoms with E-state index in [4.69, 9.17) is 0 Å². The molecule has 68 valence electrons. The molecule has 0 fully saturated rings. The van der Waals surface area contributed by atoms with Gasteiger partial charge in [0.15, 0.2) is 0 Å². The van der Waals surface area contributed by atoms with Gasteiger partial charge in [0.2, 0.25) is 0 Å². The molecule has 0 atom stereocenters. The molecule has 0 bridgehead atoms. The molecule has 0 rings (SSSR count). The summed E-state index contributed by atoms with van der Waals surface area (Å²) in [6.45, 7) is 4.40. The van der Waals surface area contributed by atoms with Crippen molar-refractivity contribution in [2.45, 2.75) is 26.3 Å². The van der Waals surface area contributed by atoms with Gasteiger partial charge in [0.25, 0.3) is 6.43 Å². The van der Waals surface area contributed by atoms with Crippen molar-refractivity contribution in [1.29, 1.82) is 0 Å². The molecule has 0 N–H and O–H groups in total. The average molecular weight is 230 g/mol. The second kappa shape index (κ2) is 5.89. The molecule has 0 spiro atoms. The van der Waals surface area contributed by atoms with Crippen molar-refractivity contribution in [3.05, 3.63) is 0 Å². The zero-order chi connectivity index (χ0) is 8.85. The maximum absolute atomic E-state index is 11.9. The fourth-order valence-electron chi connectivity index (χ4n) is 0.846. The summed E-state index contributed by atoms with van der Waals surface area (Å²) < 4.78 is 23.8. The highest BCUT2D eigenvalue weighted by Crippen LogP contribution is 2.03. The van der Waals surface area contributed by atoms with Crippen LogP contribution in [-0.2, 0) is 0 Å². The Labute approximate surface area is 74.9 Å². The molecule has 11 heavy (non-hydrogen) atoms. The Bertz CT molecular complexity index is 98.4. The lowest BCUT2D eigenvalue weighted by molar-refractivity contribution is 0.0771. The minimum Gasteiger partial charge on any atom is -0.294 e. The maximum atomic E-state index is 11.9. The van der Waals surface area contributed by atoms with E-state index < -0.39 is 6.43 Å². The lowest BCUT2D eigenvalue weighted by atomic mass is 10.3. The van der Waals surface area contributed by atoms with Crippen LogP contribution in [0.3, 0.4) is 0 Å². The highest BCUT2D eigenvalue weighted by atomic mass is 79.9. The van der Waals surface area contributed by atoms with Crippen LogP contribution < -0.4 is 0 Å². The van der Waals surface area contributed by atoms with Crippen molar-refractivity contribution in [2.75, 3.05) is 18.4 Å². The first kappa shape index (κ1) is 11.3. The molecular formula is C7H14BrF2N. The van der Waals surface area contributed by atoms with E-state index >= 15 is 0 Å². The van der Waals surface area contributed by atoms with Crippen LogP contribution in [0.1, 0.15) is 13.8 Å². The van der Waals surface area contributed by atoms with Crippen LogP contribution in [0.4, 0.5) is 8.78 Å². The summed E-state index contributed by atoms with van der Waals surface area (Å²) in [5.41, 5.74) is 0. The molecule has 0 aliphatic heterocycles. The van der Waals surface area contributed by atoms with Gasteiger partial charge in [0.05, 0.1) is 6.54 Å². The first-order valence-electron chi connectivity index (χ1n) is 3.66. The van der Waals surface area contributed by atoms with Crippen molar-refractivity contribution >= 4 is 15.9 Å². The molecule has 0 aromatic rings. The van der Waals surface area contributed by atoms with Crippen molar-refractivity contribution in [1.82, 2.24) is 4.90 Å². The fraction of sp³-hybridized carbons (Fsp3) is 1.00. The Morgan fingerprint density at radius 2 is 1.91 bits per heavy atom. The van der Waals surface area contributed by atoms with Crippen LogP contribution in [0.15, 0.2) is 0 Å². The predicted octanol–water partition coefficient (Wildman–Crippen LogP) is 2.36. The Morgan fingerprint density at radius 3 is 2.18 bits per heavy atom. The Morgan fingerprint density at radius 1 is 1.36 bits per heavy atom. The molecule has 4 heteroatoms. The zero-order valence-electron chi connectivity index (χ0n) is 6.86. The number of hydrogen-bond donors (Lipinski definition) is 0. The van der Waals surface area contributed by atoms with Crippen molar-refractivity contribution < 1.29 is 8.78 Å². The topological polar surface area (TPSA) is 3.24 Å². The number of halogens is 3. The van der Waals surface area contributed by atoms with E-state index in [0.29, 0.717) is 6.54 Å². The molecule has 0 saturated heterocycles. The van der Waals surface area contributed by atoms with Crippen LogP contribution in [0.5, 0.6) is 0 Å². The van der Waals surface area contributed by atoms with Gasteiger partial charge in [-0.3, -0.25) is 4.90 Å². The molecular weight excluding hydrogens is 216 g/mol. The maximum Gasteiger partial charge on any atom is 0.251 e. The summed E-state index contributed by atoms with van der Waals surface area (Å²) in [6, 6.07) is 0.196. The summed E-state index contributed by atoms with van der Waals surface area (Å²) in [7, 11) is 0. The molecule has 1 nitrogen and oxygen atoms in total. The van der Waals surface area contributed by atoms with Gasteiger partial charge in [-0.2, -0.15) is 0 Å². The highest BCUT2D eigenvalue weighted by Gasteiger charge is 2.13. The SMILES string of the molecule is CC(C)N(CCBr)CC(F)F. The van der Waals surface area contributed by atoms with E-state index in [0.717, 1.165) is 5.33 Å². The van der Waals surface area contributed by atoms with Gasteiger partial charge in [0.1, 0.15) is 0 Å². The molecule has 0 saturated carbocycles. The van der Waals surface area contributed by atoms with Crippen LogP contribution in [-0.4, -0.2) is 35.8 Å². The Hall–Kier alpha value is 0.300. The van der Waals surface area contributed by atoms with Gasteiger partial charge in [-0.05, 0) is 13.8 Å². The quantitative estimate of drug-likeness (QED) is 0.655. The van der Waals surface area contributed by atoms with Crippen LogP contribution in [0.25, 0.3) is 0 Å². The van der Waals surface area contributed by atoms with Crippen LogP contribution in [0, 0.1) is 0 Å². The summed E-state index contributed by atoms with van der Waals surface area (Å²) in [5.74, 6) is 0. The second-order valence-electron chi connectivity index (χ2n) is 2.67. The van der Waals surface area contributed by atoms with Crippen LogP contribution >= 0.6 is 15.9 Å². The van der Waals surface area contributed by atoms with E-state index in [-0.39, 0.29) is 12.6 Å². The molecule has 0 aromatic carbocycles. The Balaban J connectivity index is 3.69. The number of nitrogens with zero attached hydrogens (tertiary/aromatic N) is 1. The summed E-state index contributed by atoms with van der Waals surface area (Å²) >= 11 is 3.22. The number of alkyl halides is 3. The van der Waals surface area contributed by atoms with Gasteiger partial charge < -0.3 is 0 Å². The largest absolute Gasteiger partial charge is 0.294 e. The minimum atomic E-state index is -2.23. The van der Waals surface area contributed by atoms with Gasteiger partial charge in [-0.15, -0.1) is 0 Å². The number of rotatable bonds is 5. The third kappa shape index (κ3) is 5.56. The summed E-state index contributed by atoms with van der Waals surface area (Å²) in [6.07, 6.45) is -2.23. The zero-order valence-corrected chi connectivity index (χ0v) is 8.44. The minimum absolute atomic E-state index is 0.122. The van der Waals surface area contributed by atoms with E-state index in [1.165, 1.54) is 0 Å². The van der Waals surface area contributed by atoms with Gasteiger partial charge in [-0.1, -0.05) is 15.9 Å². The van der Waals surface area contributed by atoms with E-state index in [1.807, 2.05) is 13.8 Å². The molecule has 0 aliphatic rings. The number of hydrogen-bond acceptors (Lipinski definition) is 1. The second-order valence-corrected chi connectivity index (χ2v) is 3.46. The van der Waals surface area contributed by atoms with Gasteiger partial charge in [-0.25, -0.2) is 8.78 Å². The third-order valence-electron chi connectivity index (χ3n) is 1.47. The molecule has 0 amide bonds. The first-order valence-corrected chi connectivity index (χ1v) is 4.78. The lowest BCUT2D eigenvalue weighted by Gasteiger charge is -2.24. The van der Waals surface area contributed by atoms with E-state index in [9.17, 15) is 8.78 Å². The monoisotopic (exact) mass is 229 g/mol. The molecule has 0 aliphatic carbocycles. The summed E-state index contributed by atoms with van der Waals surface area (Å²) in [5, 5.41) is 0.748. The Kier molecular flexibility index (Phi) is 6.05. The third-order valence-corrected chi connectivity index (χ3v) is 1.83. The molecule has 0 radical (unpaired) electrons.